The molecule has 0 unspecified atom stereocenters. The van der Waals surface area contributed by atoms with Crippen LogP contribution in [-0.4, -0.2) is 44.7 Å². The summed E-state index contributed by atoms with van der Waals surface area (Å²) in [4.78, 5) is 14.7. The van der Waals surface area contributed by atoms with E-state index in [1.54, 1.807) is 37.5 Å². The minimum absolute atomic E-state index is 0.0376. The molecule has 0 radical (unpaired) electrons. The number of rotatable bonds is 10. The first-order valence-corrected chi connectivity index (χ1v) is 13.6. The third-order valence-electron chi connectivity index (χ3n) is 4.75. The number of thioether (sulfide) groups is 1. The van der Waals surface area contributed by atoms with Crippen molar-refractivity contribution in [3.8, 4) is 11.5 Å². The molecule has 0 aliphatic carbocycles. The van der Waals surface area contributed by atoms with E-state index in [0.717, 1.165) is 29.1 Å². The van der Waals surface area contributed by atoms with Crippen molar-refractivity contribution in [2.75, 3.05) is 20.3 Å². The van der Waals surface area contributed by atoms with Crippen LogP contribution in [0.25, 0.3) is 6.08 Å². The zero-order valence-corrected chi connectivity index (χ0v) is 22.1. The van der Waals surface area contributed by atoms with Crippen LogP contribution in [0.4, 0.5) is 0 Å². The van der Waals surface area contributed by atoms with Crippen molar-refractivity contribution in [3.63, 3.8) is 0 Å². The topological polar surface area (TPSA) is 85.3 Å². The summed E-state index contributed by atoms with van der Waals surface area (Å²) < 4.78 is 41.5. The summed E-state index contributed by atoms with van der Waals surface area (Å²) in [6, 6.07) is 11.5. The number of amides is 1. The van der Waals surface area contributed by atoms with Crippen LogP contribution in [0.15, 0.2) is 73.8 Å². The smallest absolute Gasteiger partial charge is 0.284 e. The molecule has 0 atom stereocenters. The molecule has 1 fully saturated rings. The molecular formula is C24H25BrN2O5S2. The number of methoxy groups -OCH3 is 1. The Labute approximate surface area is 212 Å². The number of halogens is 1. The van der Waals surface area contributed by atoms with Gasteiger partial charge in [-0.15, -0.1) is 11.0 Å². The number of benzene rings is 2. The Morgan fingerprint density at radius 3 is 2.56 bits per heavy atom. The summed E-state index contributed by atoms with van der Waals surface area (Å²) in [5.41, 5.74) is 0.714. The lowest BCUT2D eigenvalue weighted by Crippen LogP contribution is -2.29. The molecule has 1 aliphatic rings. The summed E-state index contributed by atoms with van der Waals surface area (Å²) in [6.07, 6.45) is 5.16. The van der Waals surface area contributed by atoms with Gasteiger partial charge in [-0.2, -0.15) is 8.42 Å². The van der Waals surface area contributed by atoms with Crippen LogP contribution >= 0.6 is 27.7 Å². The Balaban J connectivity index is 1.92. The summed E-state index contributed by atoms with van der Waals surface area (Å²) in [7, 11) is -2.45. The fourth-order valence-corrected chi connectivity index (χ4v) is 5.45. The molecule has 1 saturated heterocycles. The highest BCUT2D eigenvalue weighted by Gasteiger charge is 2.34. The predicted octanol–water partition coefficient (Wildman–Crippen LogP) is 5.48. The molecule has 1 amide bonds. The molecule has 0 bridgehead atoms. The van der Waals surface area contributed by atoms with Crippen molar-refractivity contribution in [3.05, 3.63) is 70.1 Å². The molecule has 10 heteroatoms. The van der Waals surface area contributed by atoms with E-state index in [0.29, 0.717) is 28.6 Å². The fraction of sp³-hybridized carbons (Fsp3) is 0.250. The van der Waals surface area contributed by atoms with E-state index in [2.05, 4.69) is 33.8 Å². The first kappa shape index (κ1) is 26.1. The lowest BCUT2D eigenvalue weighted by molar-refractivity contribution is -0.121. The zero-order valence-electron chi connectivity index (χ0n) is 18.9. The Morgan fingerprint density at radius 2 is 1.91 bits per heavy atom. The lowest BCUT2D eigenvalue weighted by atomic mass is 10.2. The number of carbonyl (C=O) groups is 1. The zero-order chi connectivity index (χ0) is 24.7. The monoisotopic (exact) mass is 564 g/mol. The van der Waals surface area contributed by atoms with E-state index in [9.17, 15) is 13.2 Å². The van der Waals surface area contributed by atoms with Crippen LogP contribution in [0.2, 0.25) is 0 Å². The molecule has 2 aromatic carbocycles. The number of carbonyl (C=O) groups excluding carboxylic acids is 1. The fourth-order valence-electron chi connectivity index (χ4n) is 3.00. The van der Waals surface area contributed by atoms with Gasteiger partial charge in [-0.25, -0.2) is 0 Å². The molecule has 0 saturated carbocycles. The van der Waals surface area contributed by atoms with Crippen LogP contribution in [0, 0.1) is 0 Å². The predicted molar refractivity (Wildman–Crippen MR) is 140 cm³/mol. The van der Waals surface area contributed by atoms with Gasteiger partial charge in [0.1, 0.15) is 0 Å². The molecule has 1 heterocycles. The average Bonchev–Trinajstić information content (AvgIpc) is 3.08. The van der Waals surface area contributed by atoms with Crippen LogP contribution in [0.5, 0.6) is 11.5 Å². The van der Waals surface area contributed by atoms with E-state index in [4.69, 9.17) is 9.47 Å². The van der Waals surface area contributed by atoms with Gasteiger partial charge >= 0.3 is 0 Å². The highest BCUT2D eigenvalue weighted by atomic mass is 79.9. The molecule has 180 valence electrons. The van der Waals surface area contributed by atoms with Crippen molar-refractivity contribution < 1.29 is 22.7 Å². The molecule has 0 spiro atoms. The Kier molecular flexibility index (Phi) is 8.98. The maximum atomic E-state index is 13.0. The Hall–Kier alpha value is -2.56. The van der Waals surface area contributed by atoms with Crippen molar-refractivity contribution in [1.29, 1.82) is 0 Å². The van der Waals surface area contributed by atoms with E-state index < -0.39 is 10.0 Å². The SMILES string of the molecule is C=CCN1C(=O)C(=Cc2ccc(OCCCC)c(OC)c2)SC1=NS(=O)(=O)c1ccc(Br)cc1. The van der Waals surface area contributed by atoms with Crippen LogP contribution in [-0.2, 0) is 14.8 Å². The van der Waals surface area contributed by atoms with E-state index in [1.807, 2.05) is 6.07 Å². The van der Waals surface area contributed by atoms with Gasteiger partial charge in [-0.1, -0.05) is 41.4 Å². The van der Waals surface area contributed by atoms with E-state index in [-0.39, 0.29) is 22.5 Å². The number of nitrogens with zero attached hydrogens (tertiary/aromatic N) is 2. The Bertz CT molecular complexity index is 1220. The van der Waals surface area contributed by atoms with Crippen LogP contribution in [0.3, 0.4) is 0 Å². The summed E-state index contributed by atoms with van der Waals surface area (Å²) in [5.74, 6) is 0.826. The Morgan fingerprint density at radius 1 is 1.18 bits per heavy atom. The van der Waals surface area contributed by atoms with Crippen molar-refractivity contribution in [2.24, 2.45) is 4.40 Å². The molecule has 0 N–H and O–H groups in total. The third-order valence-corrected chi connectivity index (χ3v) is 7.68. The van der Waals surface area contributed by atoms with Crippen molar-refractivity contribution >= 4 is 54.9 Å². The quantitative estimate of drug-likeness (QED) is 0.215. The minimum Gasteiger partial charge on any atom is -0.493 e. The van der Waals surface area contributed by atoms with Crippen molar-refractivity contribution in [1.82, 2.24) is 4.90 Å². The second kappa shape index (κ2) is 11.7. The molecule has 7 nitrogen and oxygen atoms in total. The molecular weight excluding hydrogens is 540 g/mol. The van der Waals surface area contributed by atoms with Gasteiger partial charge in [-0.3, -0.25) is 9.69 Å². The average molecular weight is 566 g/mol. The van der Waals surface area contributed by atoms with Gasteiger partial charge in [0.05, 0.1) is 23.5 Å². The first-order chi connectivity index (χ1) is 16.3. The molecule has 34 heavy (non-hydrogen) atoms. The standard InChI is InChI=1S/C24H25BrN2O5S2/c1-4-6-14-32-20-12-7-17(15-21(20)31-3)16-22-23(28)27(13-5-2)24(33-22)26-34(29,30)19-10-8-18(25)9-11-19/h5,7-12,15-16H,2,4,6,13-14H2,1,3H3. The highest BCUT2D eigenvalue weighted by molar-refractivity contribution is 9.10. The van der Waals surface area contributed by atoms with Gasteiger partial charge in [0, 0.05) is 11.0 Å². The number of amidine groups is 1. The molecule has 0 aromatic heterocycles. The van der Waals surface area contributed by atoms with Crippen LogP contribution < -0.4 is 9.47 Å². The number of ether oxygens (including phenoxy) is 2. The normalized spacial score (nSPS) is 16.3. The van der Waals surface area contributed by atoms with Gasteiger partial charge in [0.2, 0.25) is 0 Å². The lowest BCUT2D eigenvalue weighted by Gasteiger charge is -2.12. The number of unbranched alkanes of at least 4 members (excludes halogenated alkanes) is 1. The maximum absolute atomic E-state index is 13.0. The number of hydrogen-bond donors (Lipinski definition) is 0. The highest BCUT2D eigenvalue weighted by Crippen LogP contribution is 2.35. The van der Waals surface area contributed by atoms with Crippen molar-refractivity contribution in [2.45, 2.75) is 24.7 Å². The number of hydrogen-bond acceptors (Lipinski definition) is 6. The van der Waals surface area contributed by atoms with Gasteiger partial charge in [0.25, 0.3) is 15.9 Å². The minimum atomic E-state index is -4.00. The third kappa shape index (κ3) is 6.31. The van der Waals surface area contributed by atoms with Gasteiger partial charge in [0.15, 0.2) is 16.7 Å². The number of sulfonamides is 1. The second-order valence-corrected chi connectivity index (χ2v) is 10.8. The largest absolute Gasteiger partial charge is 0.493 e. The molecule has 1 aliphatic heterocycles. The van der Waals surface area contributed by atoms with E-state index in [1.165, 1.54) is 23.1 Å². The first-order valence-electron chi connectivity index (χ1n) is 10.5. The van der Waals surface area contributed by atoms with Gasteiger partial charge in [-0.05, 0) is 66.2 Å². The van der Waals surface area contributed by atoms with E-state index >= 15 is 0 Å². The van der Waals surface area contributed by atoms with Gasteiger partial charge < -0.3 is 9.47 Å². The molecule has 2 aromatic rings. The maximum Gasteiger partial charge on any atom is 0.284 e. The summed E-state index contributed by atoms with van der Waals surface area (Å²) >= 11 is 4.28. The molecule has 3 rings (SSSR count). The summed E-state index contributed by atoms with van der Waals surface area (Å²) in [5, 5.41) is 0.0746. The summed E-state index contributed by atoms with van der Waals surface area (Å²) in [6.45, 7) is 6.47. The second-order valence-electron chi connectivity index (χ2n) is 7.23. The van der Waals surface area contributed by atoms with Crippen LogP contribution in [0.1, 0.15) is 25.3 Å².